The number of carbonyl (C=O) groups excluding carboxylic acids is 1. The molecular weight excluding hydrogens is 368 g/mol. The molecule has 0 aliphatic rings. The molecule has 3 aromatic rings. The quantitative estimate of drug-likeness (QED) is 0.608. The van der Waals surface area contributed by atoms with Gasteiger partial charge in [-0.2, -0.15) is 0 Å². The number of nitrogens with one attached hydrogen (secondary N) is 2. The summed E-state index contributed by atoms with van der Waals surface area (Å²) in [6.45, 7) is 2.46. The van der Waals surface area contributed by atoms with Gasteiger partial charge in [-0.25, -0.2) is 9.97 Å². The third-order valence-corrected chi connectivity index (χ3v) is 4.29. The van der Waals surface area contributed by atoms with Crippen LogP contribution in [0.5, 0.6) is 11.5 Å². The number of rotatable bonds is 8. The minimum Gasteiger partial charge on any atom is -0.497 e. The van der Waals surface area contributed by atoms with Crippen LogP contribution < -0.4 is 20.1 Å². The van der Waals surface area contributed by atoms with Gasteiger partial charge in [0.05, 0.1) is 19.9 Å². The van der Waals surface area contributed by atoms with Crippen molar-refractivity contribution in [2.45, 2.75) is 13.3 Å². The number of aryl methyl sites for hydroxylation is 1. The highest BCUT2D eigenvalue weighted by Crippen LogP contribution is 2.29. The Bertz CT molecular complexity index is 977. The van der Waals surface area contributed by atoms with E-state index in [1.165, 1.54) is 12.7 Å². The number of methoxy groups -OCH3 is 2. The van der Waals surface area contributed by atoms with Crippen molar-refractivity contribution in [1.82, 2.24) is 9.97 Å². The molecule has 2 N–H and O–H groups in total. The third-order valence-electron chi connectivity index (χ3n) is 4.29. The van der Waals surface area contributed by atoms with Crippen LogP contribution in [0, 0.1) is 6.92 Å². The fourth-order valence-electron chi connectivity index (χ4n) is 2.84. The van der Waals surface area contributed by atoms with Crippen LogP contribution in [-0.4, -0.2) is 36.6 Å². The first-order valence-corrected chi connectivity index (χ1v) is 9.26. The number of benzene rings is 2. The van der Waals surface area contributed by atoms with Gasteiger partial charge in [-0.1, -0.05) is 30.3 Å². The van der Waals surface area contributed by atoms with E-state index in [1.54, 1.807) is 38.3 Å². The van der Waals surface area contributed by atoms with Gasteiger partial charge in [-0.3, -0.25) is 4.79 Å². The van der Waals surface area contributed by atoms with Crippen LogP contribution in [-0.2, 0) is 6.42 Å². The first-order valence-electron chi connectivity index (χ1n) is 9.26. The number of nitrogens with zero attached hydrogens (tertiary/aromatic N) is 2. The van der Waals surface area contributed by atoms with E-state index in [0.29, 0.717) is 35.4 Å². The number of aromatic nitrogens is 2. The van der Waals surface area contributed by atoms with Crippen molar-refractivity contribution in [3.8, 4) is 11.5 Å². The summed E-state index contributed by atoms with van der Waals surface area (Å²) in [7, 11) is 3.11. The molecule has 3 rings (SSSR count). The van der Waals surface area contributed by atoms with Crippen molar-refractivity contribution in [1.29, 1.82) is 0 Å². The van der Waals surface area contributed by atoms with E-state index in [4.69, 9.17) is 9.47 Å². The van der Waals surface area contributed by atoms with E-state index in [1.807, 2.05) is 18.2 Å². The van der Waals surface area contributed by atoms with Crippen LogP contribution >= 0.6 is 0 Å². The monoisotopic (exact) mass is 392 g/mol. The lowest BCUT2D eigenvalue weighted by Gasteiger charge is -2.12. The zero-order valence-electron chi connectivity index (χ0n) is 16.7. The molecule has 150 valence electrons. The second kappa shape index (κ2) is 9.54. The van der Waals surface area contributed by atoms with Crippen LogP contribution in [0.1, 0.15) is 21.9 Å². The Hall–Kier alpha value is -3.61. The van der Waals surface area contributed by atoms with Crippen LogP contribution in [0.3, 0.4) is 0 Å². The molecule has 0 radical (unpaired) electrons. The zero-order chi connectivity index (χ0) is 20.6. The largest absolute Gasteiger partial charge is 0.497 e. The smallest absolute Gasteiger partial charge is 0.274 e. The van der Waals surface area contributed by atoms with Gasteiger partial charge in [-0.15, -0.1) is 0 Å². The highest BCUT2D eigenvalue weighted by Gasteiger charge is 2.14. The summed E-state index contributed by atoms with van der Waals surface area (Å²) >= 11 is 0. The van der Waals surface area contributed by atoms with Crippen LogP contribution in [0.25, 0.3) is 0 Å². The predicted molar refractivity (Wildman–Crippen MR) is 113 cm³/mol. The minimum atomic E-state index is -0.343. The van der Waals surface area contributed by atoms with Crippen LogP contribution in [0.4, 0.5) is 11.5 Å². The Balaban J connectivity index is 1.69. The Morgan fingerprint density at radius 3 is 2.52 bits per heavy atom. The van der Waals surface area contributed by atoms with Crippen LogP contribution in [0.15, 0.2) is 54.6 Å². The van der Waals surface area contributed by atoms with Crippen LogP contribution in [0.2, 0.25) is 0 Å². The van der Waals surface area contributed by atoms with Crippen molar-refractivity contribution in [3.05, 3.63) is 71.7 Å². The molecule has 1 heterocycles. The fourth-order valence-corrected chi connectivity index (χ4v) is 2.84. The molecule has 1 amide bonds. The number of hydrogen-bond acceptors (Lipinski definition) is 6. The lowest BCUT2D eigenvalue weighted by molar-refractivity contribution is 0.102. The van der Waals surface area contributed by atoms with Gasteiger partial charge in [0.2, 0.25) is 0 Å². The molecule has 0 saturated heterocycles. The summed E-state index contributed by atoms with van der Waals surface area (Å²) < 4.78 is 10.5. The molecule has 0 fully saturated rings. The molecule has 0 aliphatic carbocycles. The van der Waals surface area contributed by atoms with E-state index < -0.39 is 0 Å². The van der Waals surface area contributed by atoms with Gasteiger partial charge in [0.1, 0.15) is 28.8 Å². The maximum atomic E-state index is 12.7. The molecule has 0 aliphatic heterocycles. The average Bonchev–Trinajstić information content (AvgIpc) is 2.74. The molecular formula is C22H24N4O3. The Labute approximate surface area is 170 Å². The number of carbonyl (C=O) groups is 1. The highest BCUT2D eigenvalue weighted by molar-refractivity contribution is 6.04. The first kappa shape index (κ1) is 20.1. The van der Waals surface area contributed by atoms with Gasteiger partial charge >= 0.3 is 0 Å². The second-order valence-corrected chi connectivity index (χ2v) is 6.37. The van der Waals surface area contributed by atoms with Gasteiger partial charge in [-0.05, 0) is 31.0 Å². The minimum absolute atomic E-state index is 0.276. The summed E-state index contributed by atoms with van der Waals surface area (Å²) in [6, 6.07) is 17.0. The normalized spacial score (nSPS) is 10.3. The maximum Gasteiger partial charge on any atom is 0.274 e. The predicted octanol–water partition coefficient (Wildman–Crippen LogP) is 3.71. The van der Waals surface area contributed by atoms with E-state index in [-0.39, 0.29) is 11.6 Å². The maximum absolute atomic E-state index is 12.7. The molecule has 0 bridgehead atoms. The third kappa shape index (κ3) is 5.44. The van der Waals surface area contributed by atoms with Crippen molar-refractivity contribution in [3.63, 3.8) is 0 Å². The summed E-state index contributed by atoms with van der Waals surface area (Å²) in [5.74, 6) is 1.93. The van der Waals surface area contributed by atoms with E-state index >= 15 is 0 Å². The Morgan fingerprint density at radius 1 is 1.00 bits per heavy atom. The fraction of sp³-hybridized carbons (Fsp3) is 0.227. The van der Waals surface area contributed by atoms with Crippen molar-refractivity contribution >= 4 is 17.4 Å². The summed E-state index contributed by atoms with van der Waals surface area (Å²) in [6.07, 6.45) is 0.856. The number of ether oxygens (including phenoxy) is 2. The topological polar surface area (TPSA) is 85.4 Å². The van der Waals surface area contributed by atoms with E-state index in [2.05, 4.69) is 32.7 Å². The molecule has 0 saturated carbocycles. The second-order valence-electron chi connectivity index (χ2n) is 6.37. The van der Waals surface area contributed by atoms with E-state index in [0.717, 1.165) is 6.42 Å². The average molecular weight is 392 g/mol. The zero-order valence-corrected chi connectivity index (χ0v) is 16.7. The Morgan fingerprint density at radius 2 is 1.79 bits per heavy atom. The molecule has 7 heteroatoms. The number of amides is 1. The van der Waals surface area contributed by atoms with E-state index in [9.17, 15) is 4.79 Å². The standard InChI is InChI=1S/C22H24N4O3/c1-15-24-19(14-21(25-15)23-12-11-16-7-5-4-6-8-16)22(27)26-18-10-9-17(28-2)13-20(18)29-3/h4-10,13-14H,11-12H2,1-3H3,(H,26,27)(H,23,24,25). The summed E-state index contributed by atoms with van der Waals surface area (Å²) in [4.78, 5) is 21.3. The van der Waals surface area contributed by atoms with Gasteiger partial charge in [0.25, 0.3) is 5.91 Å². The summed E-state index contributed by atoms with van der Waals surface area (Å²) in [5.41, 5.74) is 2.04. The summed E-state index contributed by atoms with van der Waals surface area (Å²) in [5, 5.41) is 6.09. The lowest BCUT2D eigenvalue weighted by atomic mass is 10.1. The first-order chi connectivity index (χ1) is 14.1. The molecule has 1 aromatic heterocycles. The molecule has 7 nitrogen and oxygen atoms in total. The molecule has 29 heavy (non-hydrogen) atoms. The molecule has 0 unspecified atom stereocenters. The van der Waals surface area contributed by atoms with Gasteiger partial charge < -0.3 is 20.1 Å². The number of hydrogen-bond donors (Lipinski definition) is 2. The molecule has 2 aromatic carbocycles. The van der Waals surface area contributed by atoms with Gasteiger partial charge in [0, 0.05) is 18.7 Å². The number of anilines is 2. The molecule has 0 spiro atoms. The van der Waals surface area contributed by atoms with Gasteiger partial charge in [0.15, 0.2) is 0 Å². The molecule has 0 atom stereocenters. The van der Waals surface area contributed by atoms with Crippen molar-refractivity contribution in [2.24, 2.45) is 0 Å². The van der Waals surface area contributed by atoms with Crippen molar-refractivity contribution in [2.75, 3.05) is 31.4 Å². The SMILES string of the molecule is COc1ccc(NC(=O)c2cc(NCCc3ccccc3)nc(C)n2)c(OC)c1. The Kier molecular flexibility index (Phi) is 6.63. The van der Waals surface area contributed by atoms with Crippen molar-refractivity contribution < 1.29 is 14.3 Å². The highest BCUT2D eigenvalue weighted by atomic mass is 16.5. The lowest BCUT2D eigenvalue weighted by Crippen LogP contribution is -2.17.